The Morgan fingerprint density at radius 1 is 1.19 bits per heavy atom. The molecule has 3 amide bonds. The number of carbonyl (C=O) groups excluding carboxylic acids is 3. The SMILES string of the molecule is CCCCNC(=O)C(c1cccc(C)c1C)N(C(=O)CNC(=O)OC(C)(C)C)C1CC1C. The van der Waals surface area contributed by atoms with Gasteiger partial charge in [0.15, 0.2) is 0 Å². The molecule has 0 aliphatic heterocycles. The lowest BCUT2D eigenvalue weighted by molar-refractivity contribution is -0.141. The summed E-state index contributed by atoms with van der Waals surface area (Å²) in [7, 11) is 0. The van der Waals surface area contributed by atoms with Gasteiger partial charge in [-0.3, -0.25) is 9.59 Å². The first-order chi connectivity index (χ1) is 15.0. The van der Waals surface area contributed by atoms with Gasteiger partial charge in [0.2, 0.25) is 11.8 Å². The first kappa shape index (κ1) is 25.7. The molecule has 0 heterocycles. The van der Waals surface area contributed by atoms with E-state index in [0.717, 1.165) is 36.0 Å². The number of amides is 3. The maximum Gasteiger partial charge on any atom is 0.408 e. The molecule has 0 spiro atoms. The zero-order valence-corrected chi connectivity index (χ0v) is 20.6. The minimum Gasteiger partial charge on any atom is -0.444 e. The van der Waals surface area contributed by atoms with Crippen LogP contribution in [0.3, 0.4) is 0 Å². The first-order valence-corrected chi connectivity index (χ1v) is 11.6. The highest BCUT2D eigenvalue weighted by molar-refractivity contribution is 5.91. The molecule has 1 aliphatic carbocycles. The maximum absolute atomic E-state index is 13.4. The van der Waals surface area contributed by atoms with Crippen LogP contribution in [0, 0.1) is 19.8 Å². The van der Waals surface area contributed by atoms with E-state index in [2.05, 4.69) is 24.5 Å². The summed E-state index contributed by atoms with van der Waals surface area (Å²) in [4.78, 5) is 40.5. The monoisotopic (exact) mass is 445 g/mol. The molecule has 1 aliphatic rings. The van der Waals surface area contributed by atoms with E-state index in [0.29, 0.717) is 12.5 Å². The second-order valence-electron chi connectivity index (χ2n) is 9.77. The molecule has 0 radical (unpaired) electrons. The quantitative estimate of drug-likeness (QED) is 0.562. The number of benzene rings is 1. The topological polar surface area (TPSA) is 87.7 Å². The van der Waals surface area contributed by atoms with Crippen molar-refractivity contribution in [2.45, 2.75) is 85.4 Å². The van der Waals surface area contributed by atoms with E-state index in [-0.39, 0.29) is 24.4 Å². The normalized spacial score (nSPS) is 18.5. The zero-order chi connectivity index (χ0) is 24.1. The molecular weight excluding hydrogens is 406 g/mol. The van der Waals surface area contributed by atoms with Crippen molar-refractivity contribution in [3.8, 4) is 0 Å². The summed E-state index contributed by atoms with van der Waals surface area (Å²) in [6.07, 6.45) is 2.03. The van der Waals surface area contributed by atoms with Gasteiger partial charge in [0.1, 0.15) is 18.2 Å². The van der Waals surface area contributed by atoms with Crippen molar-refractivity contribution < 1.29 is 19.1 Å². The molecule has 1 aromatic rings. The predicted molar refractivity (Wildman–Crippen MR) is 125 cm³/mol. The fourth-order valence-electron chi connectivity index (χ4n) is 3.74. The third-order valence-corrected chi connectivity index (χ3v) is 5.79. The minimum atomic E-state index is -0.741. The van der Waals surface area contributed by atoms with Crippen LogP contribution in [0.5, 0.6) is 0 Å². The second-order valence-corrected chi connectivity index (χ2v) is 9.77. The zero-order valence-electron chi connectivity index (χ0n) is 20.6. The van der Waals surface area contributed by atoms with Gasteiger partial charge in [-0.25, -0.2) is 4.79 Å². The Morgan fingerprint density at radius 2 is 1.84 bits per heavy atom. The van der Waals surface area contributed by atoms with E-state index in [1.807, 2.05) is 32.0 Å². The van der Waals surface area contributed by atoms with Crippen molar-refractivity contribution in [1.82, 2.24) is 15.5 Å². The number of carbonyl (C=O) groups is 3. The molecule has 1 fully saturated rings. The van der Waals surface area contributed by atoms with Crippen molar-refractivity contribution in [2.24, 2.45) is 5.92 Å². The number of ether oxygens (including phenoxy) is 1. The van der Waals surface area contributed by atoms with Crippen LogP contribution in [-0.4, -0.2) is 47.5 Å². The summed E-state index contributed by atoms with van der Waals surface area (Å²) in [6.45, 7) is 13.8. The van der Waals surface area contributed by atoms with Crippen LogP contribution in [0.15, 0.2) is 18.2 Å². The Balaban J connectivity index is 2.32. The highest BCUT2D eigenvalue weighted by Crippen LogP contribution is 2.41. The summed E-state index contributed by atoms with van der Waals surface area (Å²) in [6, 6.07) is 5.06. The Labute approximate surface area is 192 Å². The van der Waals surface area contributed by atoms with Crippen LogP contribution < -0.4 is 10.6 Å². The molecule has 32 heavy (non-hydrogen) atoms. The van der Waals surface area contributed by atoms with Crippen molar-refractivity contribution >= 4 is 17.9 Å². The number of nitrogens with one attached hydrogen (secondary N) is 2. The molecule has 0 saturated heterocycles. The molecule has 2 rings (SSSR count). The molecule has 7 nitrogen and oxygen atoms in total. The Morgan fingerprint density at radius 3 is 2.41 bits per heavy atom. The number of hydrogen-bond donors (Lipinski definition) is 2. The summed E-state index contributed by atoms with van der Waals surface area (Å²) in [5.74, 6) is -0.171. The highest BCUT2D eigenvalue weighted by Gasteiger charge is 2.46. The van der Waals surface area contributed by atoms with E-state index in [9.17, 15) is 14.4 Å². The van der Waals surface area contributed by atoms with Gasteiger partial charge < -0.3 is 20.3 Å². The van der Waals surface area contributed by atoms with Gasteiger partial charge in [-0.15, -0.1) is 0 Å². The maximum atomic E-state index is 13.4. The van der Waals surface area contributed by atoms with Crippen LogP contribution in [0.25, 0.3) is 0 Å². The number of nitrogens with zero attached hydrogens (tertiary/aromatic N) is 1. The van der Waals surface area contributed by atoms with Crippen molar-refractivity contribution in [3.05, 3.63) is 34.9 Å². The van der Waals surface area contributed by atoms with Gasteiger partial charge in [-0.1, -0.05) is 38.5 Å². The highest BCUT2D eigenvalue weighted by atomic mass is 16.6. The van der Waals surface area contributed by atoms with Gasteiger partial charge in [0.25, 0.3) is 0 Å². The molecule has 1 saturated carbocycles. The fourth-order valence-corrected chi connectivity index (χ4v) is 3.74. The molecule has 7 heteroatoms. The Kier molecular flexibility index (Phi) is 8.70. The van der Waals surface area contributed by atoms with Crippen LogP contribution in [0.1, 0.15) is 76.6 Å². The molecule has 3 atom stereocenters. The lowest BCUT2D eigenvalue weighted by Gasteiger charge is -2.33. The lowest BCUT2D eigenvalue weighted by atomic mass is 9.95. The smallest absolute Gasteiger partial charge is 0.408 e. The average molecular weight is 446 g/mol. The third kappa shape index (κ3) is 6.97. The summed E-state index contributed by atoms with van der Waals surface area (Å²) in [5, 5.41) is 5.57. The van der Waals surface area contributed by atoms with E-state index >= 15 is 0 Å². The number of aryl methyl sites for hydroxylation is 1. The van der Waals surface area contributed by atoms with Crippen molar-refractivity contribution in [3.63, 3.8) is 0 Å². The summed E-state index contributed by atoms with van der Waals surface area (Å²) >= 11 is 0. The molecular formula is C25H39N3O4. The van der Waals surface area contributed by atoms with Crippen LogP contribution in [-0.2, 0) is 14.3 Å². The fraction of sp³-hybridized carbons (Fsp3) is 0.640. The van der Waals surface area contributed by atoms with Crippen molar-refractivity contribution in [1.29, 1.82) is 0 Å². The minimum absolute atomic E-state index is 0.0372. The van der Waals surface area contributed by atoms with E-state index in [1.165, 1.54) is 0 Å². The summed E-state index contributed by atoms with van der Waals surface area (Å²) < 4.78 is 5.26. The average Bonchev–Trinajstić information content (AvgIpc) is 3.41. The van der Waals surface area contributed by atoms with Crippen LogP contribution in [0.4, 0.5) is 4.79 Å². The van der Waals surface area contributed by atoms with Gasteiger partial charge in [-0.2, -0.15) is 0 Å². The standard InChI is InChI=1S/C25H39N3O4/c1-8-9-13-26-23(30)22(19-12-10-11-16(2)18(19)4)28(20-14-17(20)3)21(29)15-27-24(31)32-25(5,6)7/h10-12,17,20,22H,8-9,13-15H2,1-7H3,(H,26,30)(H,27,31). The summed E-state index contributed by atoms with van der Waals surface area (Å²) in [5.41, 5.74) is 2.23. The van der Waals surface area contributed by atoms with E-state index in [4.69, 9.17) is 4.74 Å². The number of unbranched alkanes of at least 4 members (excludes halogenated alkanes) is 1. The molecule has 2 N–H and O–H groups in total. The molecule has 0 bridgehead atoms. The third-order valence-electron chi connectivity index (χ3n) is 5.79. The number of hydrogen-bond acceptors (Lipinski definition) is 4. The molecule has 1 aromatic carbocycles. The predicted octanol–water partition coefficient (Wildman–Crippen LogP) is 4.02. The van der Waals surface area contributed by atoms with Gasteiger partial charge in [0.05, 0.1) is 0 Å². The molecule has 0 aromatic heterocycles. The molecule has 3 unspecified atom stereocenters. The second kappa shape index (κ2) is 10.8. The van der Waals surface area contributed by atoms with Crippen molar-refractivity contribution in [2.75, 3.05) is 13.1 Å². The van der Waals surface area contributed by atoms with E-state index < -0.39 is 17.7 Å². The van der Waals surface area contributed by atoms with Gasteiger partial charge in [-0.05, 0) is 70.1 Å². The lowest BCUT2D eigenvalue weighted by Crippen LogP contribution is -2.49. The van der Waals surface area contributed by atoms with Gasteiger partial charge in [0, 0.05) is 12.6 Å². The number of rotatable bonds is 9. The first-order valence-electron chi connectivity index (χ1n) is 11.6. The van der Waals surface area contributed by atoms with Crippen LogP contribution in [0.2, 0.25) is 0 Å². The van der Waals surface area contributed by atoms with E-state index in [1.54, 1.807) is 25.7 Å². The number of alkyl carbamates (subject to hydrolysis) is 1. The largest absolute Gasteiger partial charge is 0.444 e. The molecule has 178 valence electrons. The van der Waals surface area contributed by atoms with Crippen LogP contribution >= 0.6 is 0 Å². The Bertz CT molecular complexity index is 831. The Hall–Kier alpha value is -2.57. The van der Waals surface area contributed by atoms with Gasteiger partial charge >= 0.3 is 6.09 Å².